The molecule has 0 N–H and O–H groups in total. The van der Waals surface area contributed by atoms with Crippen LogP contribution in [0.3, 0.4) is 0 Å². The highest BCUT2D eigenvalue weighted by molar-refractivity contribution is 5.39. The first-order valence-corrected chi connectivity index (χ1v) is 8.66. The summed E-state index contributed by atoms with van der Waals surface area (Å²) in [6.07, 6.45) is 8.48. The lowest BCUT2D eigenvalue weighted by atomic mass is 9.97. The van der Waals surface area contributed by atoms with Crippen molar-refractivity contribution in [2.75, 3.05) is 18.0 Å². The molecular formula is C17H20N8O. The van der Waals surface area contributed by atoms with Crippen molar-refractivity contribution < 1.29 is 0 Å². The van der Waals surface area contributed by atoms with Crippen LogP contribution in [0.1, 0.15) is 18.5 Å². The second kappa shape index (κ2) is 7.03. The van der Waals surface area contributed by atoms with Crippen molar-refractivity contribution in [2.45, 2.75) is 26.3 Å². The van der Waals surface area contributed by atoms with Gasteiger partial charge in [0.05, 0.1) is 18.1 Å². The summed E-state index contributed by atoms with van der Waals surface area (Å²) in [5.41, 5.74) is 0.826. The monoisotopic (exact) mass is 352 g/mol. The molecule has 3 aromatic rings. The number of hydrogen-bond acceptors (Lipinski definition) is 7. The van der Waals surface area contributed by atoms with Gasteiger partial charge in [0.25, 0.3) is 5.56 Å². The summed E-state index contributed by atoms with van der Waals surface area (Å²) in [4.78, 5) is 27.0. The van der Waals surface area contributed by atoms with E-state index in [1.165, 1.54) is 6.33 Å². The van der Waals surface area contributed by atoms with Crippen LogP contribution in [0.25, 0.3) is 5.82 Å². The van der Waals surface area contributed by atoms with Gasteiger partial charge in [-0.15, -0.1) is 0 Å². The molecule has 0 atom stereocenters. The second-order valence-electron chi connectivity index (χ2n) is 6.50. The lowest BCUT2D eigenvalue weighted by Gasteiger charge is -2.32. The Bertz CT molecular complexity index is 928. The molecule has 1 fully saturated rings. The van der Waals surface area contributed by atoms with Crippen LogP contribution in [0.2, 0.25) is 0 Å². The van der Waals surface area contributed by atoms with E-state index >= 15 is 0 Å². The molecule has 0 saturated carbocycles. The van der Waals surface area contributed by atoms with Gasteiger partial charge >= 0.3 is 0 Å². The van der Waals surface area contributed by atoms with Crippen molar-refractivity contribution in [3.05, 3.63) is 53.2 Å². The van der Waals surface area contributed by atoms with Crippen molar-refractivity contribution in [3.63, 3.8) is 0 Å². The van der Waals surface area contributed by atoms with E-state index in [0.29, 0.717) is 18.3 Å². The zero-order valence-electron chi connectivity index (χ0n) is 14.6. The molecule has 1 saturated heterocycles. The predicted molar refractivity (Wildman–Crippen MR) is 95.1 cm³/mol. The molecule has 0 bridgehead atoms. The maximum atomic E-state index is 11.9. The SMILES string of the molecule is Cc1ccc(=O)n(CC2CCN(c3cncc(-n4cncn4)n3)CC2)n1. The molecule has 3 aromatic heterocycles. The molecule has 0 radical (unpaired) electrons. The van der Waals surface area contributed by atoms with Gasteiger partial charge in [0, 0.05) is 25.7 Å². The minimum atomic E-state index is -0.0376. The Labute approximate surface area is 150 Å². The highest BCUT2D eigenvalue weighted by Gasteiger charge is 2.21. The Morgan fingerprint density at radius 2 is 1.92 bits per heavy atom. The molecule has 9 nitrogen and oxygen atoms in total. The number of piperidine rings is 1. The lowest BCUT2D eigenvalue weighted by molar-refractivity contribution is 0.333. The first-order valence-electron chi connectivity index (χ1n) is 8.66. The third-order valence-corrected chi connectivity index (χ3v) is 4.63. The van der Waals surface area contributed by atoms with Crippen LogP contribution in [-0.2, 0) is 6.54 Å². The predicted octanol–water partition coefficient (Wildman–Crippen LogP) is 0.839. The van der Waals surface area contributed by atoms with Gasteiger partial charge in [-0.25, -0.2) is 19.3 Å². The third kappa shape index (κ3) is 3.46. The normalized spacial score (nSPS) is 15.3. The molecule has 0 aliphatic carbocycles. The molecule has 0 aromatic carbocycles. The maximum absolute atomic E-state index is 11.9. The van der Waals surface area contributed by atoms with E-state index in [9.17, 15) is 4.79 Å². The van der Waals surface area contributed by atoms with Crippen LogP contribution in [-0.4, -0.2) is 47.6 Å². The largest absolute Gasteiger partial charge is 0.355 e. The smallest absolute Gasteiger partial charge is 0.266 e. The van der Waals surface area contributed by atoms with E-state index in [1.807, 2.05) is 6.92 Å². The zero-order chi connectivity index (χ0) is 17.9. The van der Waals surface area contributed by atoms with E-state index in [0.717, 1.165) is 37.4 Å². The van der Waals surface area contributed by atoms with E-state index in [-0.39, 0.29) is 5.56 Å². The van der Waals surface area contributed by atoms with Gasteiger partial charge in [0.1, 0.15) is 18.5 Å². The van der Waals surface area contributed by atoms with Gasteiger partial charge in [0.15, 0.2) is 5.82 Å². The standard InChI is InChI=1S/C17H20N8O/c1-13-2-3-17(26)24(22-13)10-14-4-6-23(7-5-14)15-8-18-9-16(21-15)25-12-19-11-20-25/h2-3,8-9,11-12,14H,4-7,10H2,1H3. The first kappa shape index (κ1) is 16.4. The highest BCUT2D eigenvalue weighted by atomic mass is 16.1. The summed E-state index contributed by atoms with van der Waals surface area (Å²) in [6.45, 7) is 4.32. The maximum Gasteiger partial charge on any atom is 0.266 e. The number of hydrogen-bond donors (Lipinski definition) is 0. The third-order valence-electron chi connectivity index (χ3n) is 4.63. The number of rotatable bonds is 4. The molecule has 26 heavy (non-hydrogen) atoms. The fourth-order valence-electron chi connectivity index (χ4n) is 3.21. The van der Waals surface area contributed by atoms with Crippen LogP contribution in [0.4, 0.5) is 5.82 Å². The zero-order valence-corrected chi connectivity index (χ0v) is 14.6. The second-order valence-corrected chi connectivity index (χ2v) is 6.50. The van der Waals surface area contributed by atoms with Crippen LogP contribution < -0.4 is 10.5 Å². The Hall–Kier alpha value is -3.10. The van der Waals surface area contributed by atoms with Crippen LogP contribution >= 0.6 is 0 Å². The Morgan fingerprint density at radius 1 is 1.12 bits per heavy atom. The molecule has 1 aliphatic rings. The number of aryl methyl sites for hydroxylation is 1. The van der Waals surface area contributed by atoms with Gasteiger partial charge in [-0.1, -0.05) is 0 Å². The molecule has 134 valence electrons. The Morgan fingerprint density at radius 3 is 2.69 bits per heavy atom. The van der Waals surface area contributed by atoms with Gasteiger partial charge in [-0.05, 0) is 31.7 Å². The molecule has 0 spiro atoms. The summed E-state index contributed by atoms with van der Waals surface area (Å²) in [6, 6.07) is 3.34. The topological polar surface area (TPSA) is 94.6 Å². The minimum absolute atomic E-state index is 0.0376. The molecule has 4 heterocycles. The van der Waals surface area contributed by atoms with Gasteiger partial charge in [-0.3, -0.25) is 9.78 Å². The molecule has 1 aliphatic heterocycles. The van der Waals surface area contributed by atoms with Crippen molar-refractivity contribution in [1.82, 2.24) is 34.5 Å². The van der Waals surface area contributed by atoms with Crippen molar-refractivity contribution in [1.29, 1.82) is 0 Å². The van der Waals surface area contributed by atoms with E-state index in [2.05, 4.69) is 30.0 Å². The Balaban J connectivity index is 1.42. The molecule has 0 amide bonds. The van der Waals surface area contributed by atoms with Gasteiger partial charge < -0.3 is 4.90 Å². The molecular weight excluding hydrogens is 332 g/mol. The first-order chi connectivity index (χ1) is 12.7. The average molecular weight is 352 g/mol. The summed E-state index contributed by atoms with van der Waals surface area (Å²) in [5, 5.41) is 8.43. The molecule has 0 unspecified atom stereocenters. The quantitative estimate of drug-likeness (QED) is 0.686. The fraction of sp³-hybridized carbons (Fsp3) is 0.412. The van der Waals surface area contributed by atoms with Gasteiger partial charge in [0.2, 0.25) is 0 Å². The minimum Gasteiger partial charge on any atom is -0.355 e. The highest BCUT2D eigenvalue weighted by Crippen LogP contribution is 2.22. The van der Waals surface area contributed by atoms with Crippen LogP contribution in [0.5, 0.6) is 0 Å². The van der Waals surface area contributed by atoms with Crippen molar-refractivity contribution >= 4 is 5.82 Å². The summed E-state index contributed by atoms with van der Waals surface area (Å²) in [5.74, 6) is 1.92. The average Bonchev–Trinajstić information content (AvgIpc) is 3.20. The molecule has 9 heteroatoms. The number of anilines is 1. The lowest BCUT2D eigenvalue weighted by Crippen LogP contribution is -2.37. The Kier molecular flexibility index (Phi) is 4.42. The van der Waals surface area contributed by atoms with Crippen LogP contribution in [0, 0.1) is 12.8 Å². The fourth-order valence-corrected chi connectivity index (χ4v) is 3.21. The number of nitrogens with zero attached hydrogens (tertiary/aromatic N) is 8. The van der Waals surface area contributed by atoms with Crippen LogP contribution in [0.15, 0.2) is 42.0 Å². The van der Waals surface area contributed by atoms with E-state index in [1.54, 1.807) is 40.2 Å². The summed E-state index contributed by atoms with van der Waals surface area (Å²) >= 11 is 0. The van der Waals surface area contributed by atoms with Crippen molar-refractivity contribution in [3.8, 4) is 5.82 Å². The number of aromatic nitrogens is 7. The summed E-state index contributed by atoms with van der Waals surface area (Å²) < 4.78 is 3.18. The van der Waals surface area contributed by atoms with Crippen molar-refractivity contribution in [2.24, 2.45) is 5.92 Å². The van der Waals surface area contributed by atoms with Gasteiger partial charge in [-0.2, -0.15) is 10.2 Å². The molecule has 4 rings (SSSR count). The summed E-state index contributed by atoms with van der Waals surface area (Å²) in [7, 11) is 0. The van der Waals surface area contributed by atoms with E-state index in [4.69, 9.17) is 0 Å². The van der Waals surface area contributed by atoms with E-state index < -0.39 is 0 Å².